The minimum absolute atomic E-state index is 0.150. The number of hydrogen-bond acceptors (Lipinski definition) is 7. The predicted octanol–water partition coefficient (Wildman–Crippen LogP) is 8.39. The van der Waals surface area contributed by atoms with Gasteiger partial charge < -0.3 is 18.8 Å². The zero-order valence-electron chi connectivity index (χ0n) is 31.4. The standard InChI is InChI=1S/C47H39N3O5S/c1-5-55-46(52)41-42(32-17-11-7-12-18-32)48-47-50(44(41)34-23-26-38(53-3)39(28-34)54-4)45(51)40(56-47)29-35-27-37(31-15-9-6-10-16-31)49(36-24-21-30(2)22-25-36)43(35)33-19-13-8-14-20-33/h6-29,44H,5H2,1-4H3/b40-29+/t44-/m0/s1. The Morgan fingerprint density at radius 3 is 2.02 bits per heavy atom. The third-order valence-electron chi connectivity index (χ3n) is 9.82. The Hall–Kier alpha value is -6.71. The van der Waals surface area contributed by atoms with Gasteiger partial charge in [0.25, 0.3) is 5.56 Å². The van der Waals surface area contributed by atoms with Crippen LogP contribution in [0.1, 0.15) is 35.2 Å². The van der Waals surface area contributed by atoms with Crippen LogP contribution < -0.4 is 24.4 Å². The lowest BCUT2D eigenvalue weighted by molar-refractivity contribution is -0.138. The van der Waals surface area contributed by atoms with Crippen molar-refractivity contribution < 1.29 is 19.0 Å². The third kappa shape index (κ3) is 6.67. The zero-order valence-corrected chi connectivity index (χ0v) is 32.2. The van der Waals surface area contributed by atoms with Crippen molar-refractivity contribution >= 4 is 29.1 Å². The maximum absolute atomic E-state index is 15.0. The largest absolute Gasteiger partial charge is 0.493 e. The fourth-order valence-corrected chi connectivity index (χ4v) is 8.23. The van der Waals surface area contributed by atoms with E-state index in [1.807, 2.05) is 78.9 Å². The molecule has 278 valence electrons. The van der Waals surface area contributed by atoms with E-state index in [0.29, 0.717) is 32.1 Å². The second kappa shape index (κ2) is 15.6. The highest BCUT2D eigenvalue weighted by molar-refractivity contribution is 7.07. The lowest BCUT2D eigenvalue weighted by Crippen LogP contribution is -2.40. The van der Waals surface area contributed by atoms with Gasteiger partial charge in [-0.2, -0.15) is 0 Å². The van der Waals surface area contributed by atoms with Gasteiger partial charge in [-0.05, 0) is 66.9 Å². The molecule has 7 aromatic rings. The molecule has 1 atom stereocenters. The highest BCUT2D eigenvalue weighted by Gasteiger charge is 2.36. The number of aromatic nitrogens is 2. The molecule has 1 aliphatic heterocycles. The highest BCUT2D eigenvalue weighted by atomic mass is 32.1. The van der Waals surface area contributed by atoms with E-state index in [-0.39, 0.29) is 17.7 Å². The number of aryl methyl sites for hydroxylation is 1. The maximum atomic E-state index is 15.0. The molecule has 0 radical (unpaired) electrons. The topological polar surface area (TPSA) is 84.1 Å². The number of rotatable bonds is 10. The van der Waals surface area contributed by atoms with Crippen LogP contribution in [0.5, 0.6) is 11.5 Å². The lowest BCUT2D eigenvalue weighted by Gasteiger charge is -2.26. The van der Waals surface area contributed by atoms with Gasteiger partial charge in [-0.3, -0.25) is 9.36 Å². The second-order valence-electron chi connectivity index (χ2n) is 13.3. The molecule has 0 fully saturated rings. The molecular weight excluding hydrogens is 719 g/mol. The first kappa shape index (κ1) is 36.3. The van der Waals surface area contributed by atoms with E-state index in [9.17, 15) is 4.79 Å². The van der Waals surface area contributed by atoms with Crippen molar-refractivity contribution in [1.82, 2.24) is 9.13 Å². The summed E-state index contributed by atoms with van der Waals surface area (Å²) in [4.78, 5) is 34.6. The number of esters is 1. The van der Waals surface area contributed by atoms with Crippen molar-refractivity contribution in [2.24, 2.45) is 4.99 Å². The zero-order chi connectivity index (χ0) is 38.8. The average molecular weight is 758 g/mol. The molecule has 8 nitrogen and oxygen atoms in total. The fraction of sp³-hybridized carbons (Fsp3) is 0.128. The molecule has 0 saturated carbocycles. The Kier molecular flexibility index (Phi) is 10.1. The first-order valence-corrected chi connectivity index (χ1v) is 19.2. The minimum atomic E-state index is -0.881. The average Bonchev–Trinajstić information content (AvgIpc) is 3.77. The summed E-state index contributed by atoms with van der Waals surface area (Å²) in [7, 11) is 3.12. The lowest BCUT2D eigenvalue weighted by atomic mass is 9.93. The summed E-state index contributed by atoms with van der Waals surface area (Å²) in [5.41, 5.74) is 8.74. The van der Waals surface area contributed by atoms with Crippen LogP contribution in [-0.2, 0) is 9.53 Å². The number of fused-ring (bicyclic) bond motifs is 1. The molecular formula is C47H39N3O5S. The molecule has 2 aromatic heterocycles. The predicted molar refractivity (Wildman–Crippen MR) is 222 cm³/mol. The van der Waals surface area contributed by atoms with E-state index in [4.69, 9.17) is 19.2 Å². The first-order valence-electron chi connectivity index (χ1n) is 18.3. The highest BCUT2D eigenvalue weighted by Crippen LogP contribution is 2.39. The van der Waals surface area contributed by atoms with Crippen LogP contribution in [0.15, 0.2) is 155 Å². The van der Waals surface area contributed by atoms with Crippen LogP contribution in [0.2, 0.25) is 0 Å². The molecule has 0 spiro atoms. The quantitative estimate of drug-likeness (QED) is 0.131. The van der Waals surface area contributed by atoms with E-state index in [0.717, 1.165) is 44.9 Å². The van der Waals surface area contributed by atoms with Crippen LogP contribution in [-0.4, -0.2) is 35.9 Å². The maximum Gasteiger partial charge on any atom is 0.338 e. The van der Waals surface area contributed by atoms with Gasteiger partial charge in [-0.15, -0.1) is 0 Å². The monoisotopic (exact) mass is 757 g/mol. The Balaban J connectivity index is 1.44. The van der Waals surface area contributed by atoms with Crippen molar-refractivity contribution in [3.05, 3.63) is 187 Å². The van der Waals surface area contributed by atoms with Crippen LogP contribution in [0.4, 0.5) is 0 Å². The van der Waals surface area contributed by atoms with Crippen LogP contribution in [0.25, 0.3) is 40.0 Å². The number of thiazole rings is 1. The minimum Gasteiger partial charge on any atom is -0.493 e. The van der Waals surface area contributed by atoms with E-state index in [2.05, 4.69) is 66.1 Å². The van der Waals surface area contributed by atoms with Crippen LogP contribution in [0, 0.1) is 6.92 Å². The van der Waals surface area contributed by atoms with Crippen molar-refractivity contribution in [2.75, 3.05) is 20.8 Å². The Morgan fingerprint density at radius 1 is 0.768 bits per heavy atom. The van der Waals surface area contributed by atoms with Crippen molar-refractivity contribution in [3.63, 3.8) is 0 Å². The van der Waals surface area contributed by atoms with Gasteiger partial charge in [0.2, 0.25) is 0 Å². The van der Waals surface area contributed by atoms with E-state index in [1.54, 1.807) is 37.8 Å². The van der Waals surface area contributed by atoms with Gasteiger partial charge in [0, 0.05) is 16.8 Å². The molecule has 0 amide bonds. The van der Waals surface area contributed by atoms with Crippen LogP contribution in [0.3, 0.4) is 0 Å². The summed E-state index contributed by atoms with van der Waals surface area (Å²) in [5, 5.41) is 0. The van der Waals surface area contributed by atoms with Gasteiger partial charge in [0.1, 0.15) is 0 Å². The summed E-state index contributed by atoms with van der Waals surface area (Å²) in [5.74, 6) is 0.430. The SMILES string of the molecule is CCOC(=O)C1=C(c2ccccc2)N=c2s/c(=C/c3cc(-c4ccccc4)n(-c4ccc(C)cc4)c3-c3ccccc3)c(=O)n2[C@H]1c1ccc(OC)c(OC)c1. The summed E-state index contributed by atoms with van der Waals surface area (Å²) in [6.07, 6.45) is 1.95. The van der Waals surface area contributed by atoms with Gasteiger partial charge >= 0.3 is 5.97 Å². The summed E-state index contributed by atoms with van der Waals surface area (Å²) >= 11 is 1.29. The smallest absolute Gasteiger partial charge is 0.338 e. The fourth-order valence-electron chi connectivity index (χ4n) is 7.23. The Labute approximate surface area is 328 Å². The van der Waals surface area contributed by atoms with E-state index >= 15 is 4.79 Å². The molecule has 0 unspecified atom stereocenters. The number of nitrogens with zero attached hydrogens (tertiary/aromatic N) is 3. The third-order valence-corrected chi connectivity index (χ3v) is 10.8. The number of hydrogen-bond donors (Lipinski definition) is 0. The molecule has 56 heavy (non-hydrogen) atoms. The van der Waals surface area contributed by atoms with Gasteiger partial charge in [-0.25, -0.2) is 9.79 Å². The molecule has 5 aromatic carbocycles. The number of methoxy groups -OCH3 is 2. The number of carbonyl (C=O) groups is 1. The molecule has 0 saturated heterocycles. The van der Waals surface area contributed by atoms with Crippen molar-refractivity contribution in [1.29, 1.82) is 0 Å². The van der Waals surface area contributed by atoms with Gasteiger partial charge in [0.05, 0.1) is 54.1 Å². The molecule has 0 aliphatic carbocycles. The molecule has 9 heteroatoms. The molecule has 0 bridgehead atoms. The second-order valence-corrected chi connectivity index (χ2v) is 14.3. The normalized spacial score (nSPS) is 13.9. The summed E-state index contributed by atoms with van der Waals surface area (Å²) in [6, 6.07) is 45.1. The van der Waals surface area contributed by atoms with Crippen LogP contribution >= 0.6 is 11.3 Å². The van der Waals surface area contributed by atoms with Gasteiger partial charge in [-0.1, -0.05) is 126 Å². The summed E-state index contributed by atoms with van der Waals surface area (Å²) < 4.78 is 21.3. The van der Waals surface area contributed by atoms with E-state index in [1.165, 1.54) is 11.3 Å². The molecule has 8 rings (SSSR count). The molecule has 1 aliphatic rings. The molecule has 3 heterocycles. The number of ether oxygens (including phenoxy) is 3. The Bertz CT molecular complexity index is 2770. The number of carbonyl (C=O) groups excluding carboxylic acids is 1. The van der Waals surface area contributed by atoms with E-state index < -0.39 is 12.0 Å². The van der Waals surface area contributed by atoms with Crippen molar-refractivity contribution in [3.8, 4) is 39.7 Å². The Morgan fingerprint density at radius 2 is 1.39 bits per heavy atom. The first-order chi connectivity index (χ1) is 27.4. The van der Waals surface area contributed by atoms with Crippen molar-refractivity contribution in [2.45, 2.75) is 19.9 Å². The van der Waals surface area contributed by atoms with Gasteiger partial charge in [0.15, 0.2) is 16.3 Å². The number of benzene rings is 5. The molecule has 0 N–H and O–H groups in total. The summed E-state index contributed by atoms with van der Waals surface area (Å²) in [6.45, 7) is 3.99.